The van der Waals surface area contributed by atoms with E-state index in [2.05, 4.69) is 26.6 Å². The van der Waals surface area contributed by atoms with E-state index in [9.17, 15) is 4.79 Å². The lowest BCUT2D eigenvalue weighted by Crippen LogP contribution is -2.22. The third kappa shape index (κ3) is 4.48. The number of hydrogen-bond donors (Lipinski definition) is 2. The van der Waals surface area contributed by atoms with Crippen LogP contribution in [0, 0.1) is 13.8 Å². The predicted octanol–water partition coefficient (Wildman–Crippen LogP) is 4.77. The summed E-state index contributed by atoms with van der Waals surface area (Å²) in [6.07, 6.45) is 0. The minimum atomic E-state index is -0.0999. The lowest BCUT2D eigenvalue weighted by Gasteiger charge is -2.11. The third-order valence-electron chi connectivity index (χ3n) is 3.09. The van der Waals surface area contributed by atoms with Gasteiger partial charge in [-0.2, -0.15) is 0 Å². The highest BCUT2D eigenvalue weighted by Gasteiger charge is 2.05. The highest BCUT2D eigenvalue weighted by atomic mass is 79.9. The molecule has 2 aromatic rings. The van der Waals surface area contributed by atoms with E-state index in [0.717, 1.165) is 27.0 Å². The largest absolute Gasteiger partial charge is 0.376 e. The van der Waals surface area contributed by atoms with Gasteiger partial charge in [0.05, 0.1) is 6.54 Å². The van der Waals surface area contributed by atoms with Gasteiger partial charge in [0.25, 0.3) is 0 Å². The maximum atomic E-state index is 12.0. The molecule has 0 aliphatic rings. The molecule has 3 nitrogen and oxygen atoms in total. The number of benzene rings is 2. The van der Waals surface area contributed by atoms with Crippen LogP contribution in [0.3, 0.4) is 0 Å². The van der Waals surface area contributed by atoms with Crippen molar-refractivity contribution in [2.24, 2.45) is 0 Å². The van der Waals surface area contributed by atoms with E-state index in [1.807, 2.05) is 50.2 Å². The molecule has 0 saturated carbocycles. The van der Waals surface area contributed by atoms with Gasteiger partial charge >= 0.3 is 0 Å². The van der Waals surface area contributed by atoms with E-state index in [1.54, 1.807) is 0 Å². The van der Waals surface area contributed by atoms with E-state index in [4.69, 9.17) is 11.6 Å². The molecule has 0 aliphatic carbocycles. The lowest BCUT2D eigenvalue weighted by atomic mass is 10.2. The van der Waals surface area contributed by atoms with Crippen molar-refractivity contribution in [3.63, 3.8) is 0 Å². The quantitative estimate of drug-likeness (QED) is 0.817. The molecule has 0 saturated heterocycles. The third-order valence-corrected chi connectivity index (χ3v) is 3.99. The minimum absolute atomic E-state index is 0.0999. The van der Waals surface area contributed by atoms with Crippen molar-refractivity contribution in [3.05, 3.63) is 57.0 Å². The molecule has 0 radical (unpaired) electrons. The number of anilines is 2. The molecule has 0 aromatic heterocycles. The summed E-state index contributed by atoms with van der Waals surface area (Å²) in [4.78, 5) is 12.0. The summed E-state index contributed by atoms with van der Waals surface area (Å²) in [7, 11) is 0. The van der Waals surface area contributed by atoms with E-state index >= 15 is 0 Å². The Morgan fingerprint density at radius 1 is 1.14 bits per heavy atom. The molecular formula is C16H16BrClN2O. The topological polar surface area (TPSA) is 41.1 Å². The second kappa shape index (κ2) is 6.96. The predicted molar refractivity (Wildman–Crippen MR) is 92.2 cm³/mol. The van der Waals surface area contributed by atoms with Crippen LogP contribution in [0.5, 0.6) is 0 Å². The molecular weight excluding hydrogens is 352 g/mol. The molecule has 110 valence electrons. The standard InChI is InChI=1S/C16H16BrClN2O/c1-10-3-5-13(8-14(10)18)19-9-16(21)20-15-6-4-12(17)7-11(15)2/h3-8,19H,9H2,1-2H3,(H,20,21). The first kappa shape index (κ1) is 15.9. The fourth-order valence-electron chi connectivity index (χ4n) is 1.85. The number of aryl methyl sites for hydroxylation is 2. The first-order valence-electron chi connectivity index (χ1n) is 6.52. The number of carbonyl (C=O) groups is 1. The number of carbonyl (C=O) groups excluding carboxylic acids is 1. The average Bonchev–Trinajstić information content (AvgIpc) is 2.43. The van der Waals surface area contributed by atoms with Crippen molar-refractivity contribution in [2.45, 2.75) is 13.8 Å². The van der Waals surface area contributed by atoms with Gasteiger partial charge in [-0.25, -0.2) is 0 Å². The summed E-state index contributed by atoms with van der Waals surface area (Å²) < 4.78 is 0.991. The van der Waals surface area contributed by atoms with Gasteiger partial charge in [-0.1, -0.05) is 33.6 Å². The zero-order valence-electron chi connectivity index (χ0n) is 11.8. The van der Waals surface area contributed by atoms with Crippen LogP contribution < -0.4 is 10.6 Å². The van der Waals surface area contributed by atoms with Crippen molar-refractivity contribution in [2.75, 3.05) is 17.2 Å². The molecule has 2 aromatic carbocycles. The summed E-state index contributed by atoms with van der Waals surface area (Å²) in [5.74, 6) is -0.0999. The molecule has 2 N–H and O–H groups in total. The Hall–Kier alpha value is -1.52. The Balaban J connectivity index is 1.94. The van der Waals surface area contributed by atoms with Gasteiger partial charge in [-0.3, -0.25) is 4.79 Å². The average molecular weight is 368 g/mol. The van der Waals surface area contributed by atoms with Crippen molar-refractivity contribution >= 4 is 44.8 Å². The molecule has 0 atom stereocenters. The number of amides is 1. The maximum Gasteiger partial charge on any atom is 0.243 e. The first-order valence-corrected chi connectivity index (χ1v) is 7.69. The van der Waals surface area contributed by atoms with Gasteiger partial charge < -0.3 is 10.6 Å². The zero-order chi connectivity index (χ0) is 15.4. The smallest absolute Gasteiger partial charge is 0.243 e. The molecule has 0 heterocycles. The van der Waals surface area contributed by atoms with Crippen LogP contribution in [0.4, 0.5) is 11.4 Å². The molecule has 0 bridgehead atoms. The number of nitrogens with one attached hydrogen (secondary N) is 2. The fourth-order valence-corrected chi connectivity index (χ4v) is 2.50. The van der Waals surface area contributed by atoms with Crippen molar-refractivity contribution in [1.29, 1.82) is 0 Å². The highest BCUT2D eigenvalue weighted by Crippen LogP contribution is 2.21. The molecule has 21 heavy (non-hydrogen) atoms. The van der Waals surface area contributed by atoms with Crippen LogP contribution in [0.2, 0.25) is 5.02 Å². The summed E-state index contributed by atoms with van der Waals surface area (Å²) in [6.45, 7) is 4.08. The number of hydrogen-bond acceptors (Lipinski definition) is 2. The maximum absolute atomic E-state index is 12.0. The van der Waals surface area contributed by atoms with E-state index in [1.165, 1.54) is 0 Å². The van der Waals surface area contributed by atoms with Crippen LogP contribution in [0.15, 0.2) is 40.9 Å². The molecule has 0 fully saturated rings. The molecule has 5 heteroatoms. The van der Waals surface area contributed by atoms with Crippen LogP contribution in [0.25, 0.3) is 0 Å². The summed E-state index contributed by atoms with van der Waals surface area (Å²) >= 11 is 9.45. The van der Waals surface area contributed by atoms with E-state index in [-0.39, 0.29) is 12.5 Å². The van der Waals surface area contributed by atoms with Gasteiger partial charge in [0.15, 0.2) is 0 Å². The second-order valence-electron chi connectivity index (χ2n) is 4.82. The number of rotatable bonds is 4. The Morgan fingerprint density at radius 3 is 2.57 bits per heavy atom. The Kier molecular flexibility index (Phi) is 5.26. The van der Waals surface area contributed by atoms with E-state index in [0.29, 0.717) is 5.02 Å². The van der Waals surface area contributed by atoms with Gasteiger partial charge in [0.1, 0.15) is 0 Å². The SMILES string of the molecule is Cc1ccc(NCC(=O)Nc2ccc(Br)cc2C)cc1Cl. The summed E-state index contributed by atoms with van der Waals surface area (Å²) in [5.41, 5.74) is 3.66. The van der Waals surface area contributed by atoms with Gasteiger partial charge in [0.2, 0.25) is 5.91 Å². The Labute approximate surface area is 137 Å². The minimum Gasteiger partial charge on any atom is -0.376 e. The summed E-state index contributed by atoms with van der Waals surface area (Å²) in [6, 6.07) is 11.4. The van der Waals surface area contributed by atoms with Gasteiger partial charge in [0, 0.05) is 20.9 Å². The van der Waals surface area contributed by atoms with Crippen LogP contribution in [-0.4, -0.2) is 12.5 Å². The second-order valence-corrected chi connectivity index (χ2v) is 6.15. The number of halogens is 2. The highest BCUT2D eigenvalue weighted by molar-refractivity contribution is 9.10. The molecule has 1 amide bonds. The lowest BCUT2D eigenvalue weighted by molar-refractivity contribution is -0.114. The van der Waals surface area contributed by atoms with Crippen molar-refractivity contribution in [3.8, 4) is 0 Å². The van der Waals surface area contributed by atoms with Crippen LogP contribution in [0.1, 0.15) is 11.1 Å². The first-order chi connectivity index (χ1) is 9.95. The molecule has 0 unspecified atom stereocenters. The Bertz CT molecular complexity index is 673. The monoisotopic (exact) mass is 366 g/mol. The van der Waals surface area contributed by atoms with Crippen LogP contribution in [-0.2, 0) is 4.79 Å². The zero-order valence-corrected chi connectivity index (χ0v) is 14.2. The molecule has 2 rings (SSSR count). The Morgan fingerprint density at radius 2 is 1.90 bits per heavy atom. The van der Waals surface area contributed by atoms with E-state index < -0.39 is 0 Å². The summed E-state index contributed by atoms with van der Waals surface area (Å²) in [5, 5.41) is 6.62. The van der Waals surface area contributed by atoms with Crippen LogP contribution >= 0.6 is 27.5 Å². The van der Waals surface area contributed by atoms with Gasteiger partial charge in [-0.15, -0.1) is 0 Å². The van der Waals surface area contributed by atoms with Crippen molar-refractivity contribution in [1.82, 2.24) is 0 Å². The molecule has 0 aliphatic heterocycles. The normalized spacial score (nSPS) is 10.3. The van der Waals surface area contributed by atoms with Crippen molar-refractivity contribution < 1.29 is 4.79 Å². The van der Waals surface area contributed by atoms with Gasteiger partial charge in [-0.05, 0) is 55.3 Å². The fraction of sp³-hybridized carbons (Fsp3) is 0.188. The molecule has 0 spiro atoms.